The van der Waals surface area contributed by atoms with Gasteiger partial charge in [-0.25, -0.2) is 5.84 Å². The van der Waals surface area contributed by atoms with Crippen molar-refractivity contribution in [3.05, 3.63) is 26.8 Å². The van der Waals surface area contributed by atoms with Crippen molar-refractivity contribution in [3.63, 3.8) is 0 Å². The SMILES string of the molecule is NN1CC2CCCc3c(I)ccc1c32. The largest absolute Gasteiger partial charge is 0.310 e. The molecule has 1 aromatic rings. The Labute approximate surface area is 97.6 Å². The maximum Gasteiger partial charge on any atom is 0.0556 e. The summed E-state index contributed by atoms with van der Waals surface area (Å²) in [6.07, 6.45) is 3.88. The molecule has 0 fully saturated rings. The molecule has 3 rings (SSSR count). The van der Waals surface area contributed by atoms with Crippen LogP contribution in [0.3, 0.4) is 0 Å². The van der Waals surface area contributed by atoms with E-state index >= 15 is 0 Å². The van der Waals surface area contributed by atoms with Crippen LogP contribution in [0.1, 0.15) is 29.9 Å². The van der Waals surface area contributed by atoms with Gasteiger partial charge >= 0.3 is 0 Å². The van der Waals surface area contributed by atoms with Gasteiger partial charge in [0.2, 0.25) is 0 Å². The van der Waals surface area contributed by atoms with Crippen molar-refractivity contribution in [2.45, 2.75) is 25.2 Å². The Morgan fingerprint density at radius 1 is 1.43 bits per heavy atom. The van der Waals surface area contributed by atoms with Crippen molar-refractivity contribution in [2.75, 3.05) is 11.6 Å². The van der Waals surface area contributed by atoms with E-state index in [1.165, 1.54) is 28.5 Å². The minimum absolute atomic E-state index is 0.702. The molecule has 0 saturated carbocycles. The van der Waals surface area contributed by atoms with Gasteiger partial charge in [-0.3, -0.25) is 0 Å². The lowest BCUT2D eigenvalue weighted by atomic mass is 9.84. The lowest BCUT2D eigenvalue weighted by Crippen LogP contribution is -2.29. The highest BCUT2D eigenvalue weighted by molar-refractivity contribution is 14.1. The molecule has 14 heavy (non-hydrogen) atoms. The van der Waals surface area contributed by atoms with Crippen molar-refractivity contribution in [1.82, 2.24) is 0 Å². The first-order valence-corrected chi connectivity index (χ1v) is 6.19. The Balaban J connectivity index is 2.25. The molecule has 0 aromatic heterocycles. The van der Waals surface area contributed by atoms with Gasteiger partial charge in [0.15, 0.2) is 0 Å². The lowest BCUT2D eigenvalue weighted by Gasteiger charge is -2.21. The zero-order valence-corrected chi connectivity index (χ0v) is 10.1. The molecule has 74 valence electrons. The third-order valence-electron chi connectivity index (χ3n) is 3.39. The third-order valence-corrected chi connectivity index (χ3v) is 4.40. The summed E-state index contributed by atoms with van der Waals surface area (Å²) in [4.78, 5) is 0. The molecule has 1 atom stereocenters. The van der Waals surface area contributed by atoms with E-state index in [2.05, 4.69) is 34.7 Å². The minimum atomic E-state index is 0.702. The van der Waals surface area contributed by atoms with Crippen LogP contribution in [0.5, 0.6) is 0 Å². The van der Waals surface area contributed by atoms with Crippen molar-refractivity contribution in [2.24, 2.45) is 5.84 Å². The number of anilines is 1. The summed E-state index contributed by atoms with van der Waals surface area (Å²) in [7, 11) is 0. The zero-order chi connectivity index (χ0) is 9.71. The number of nitrogens with two attached hydrogens (primary N) is 1. The fourth-order valence-electron chi connectivity index (χ4n) is 2.77. The highest BCUT2D eigenvalue weighted by Gasteiger charge is 2.32. The van der Waals surface area contributed by atoms with Crippen molar-refractivity contribution in [3.8, 4) is 0 Å². The van der Waals surface area contributed by atoms with Gasteiger partial charge < -0.3 is 5.01 Å². The number of halogens is 1. The number of nitrogens with zero attached hydrogens (tertiary/aromatic N) is 1. The van der Waals surface area contributed by atoms with Crippen molar-refractivity contribution >= 4 is 28.3 Å². The molecule has 1 unspecified atom stereocenters. The van der Waals surface area contributed by atoms with E-state index in [9.17, 15) is 0 Å². The van der Waals surface area contributed by atoms with Crippen LogP contribution in [0.2, 0.25) is 0 Å². The molecule has 0 amide bonds. The summed E-state index contributed by atoms with van der Waals surface area (Å²) >= 11 is 2.45. The number of benzene rings is 1. The Morgan fingerprint density at radius 2 is 2.29 bits per heavy atom. The van der Waals surface area contributed by atoms with Crippen molar-refractivity contribution < 1.29 is 0 Å². The molecule has 0 saturated heterocycles. The molecule has 2 N–H and O–H groups in total. The van der Waals surface area contributed by atoms with E-state index in [1.54, 1.807) is 11.1 Å². The van der Waals surface area contributed by atoms with Gasteiger partial charge in [-0.1, -0.05) is 0 Å². The Morgan fingerprint density at radius 3 is 3.14 bits per heavy atom. The first kappa shape index (κ1) is 8.97. The van der Waals surface area contributed by atoms with Gasteiger partial charge in [-0.2, -0.15) is 0 Å². The van der Waals surface area contributed by atoms with Gasteiger partial charge in [0.05, 0.1) is 5.69 Å². The van der Waals surface area contributed by atoms with E-state index in [0.717, 1.165) is 6.54 Å². The fourth-order valence-corrected chi connectivity index (χ4v) is 3.51. The van der Waals surface area contributed by atoms with Crippen molar-refractivity contribution in [1.29, 1.82) is 0 Å². The average molecular weight is 300 g/mol. The van der Waals surface area contributed by atoms with Crippen LogP contribution in [-0.2, 0) is 6.42 Å². The molecular formula is C11H13IN2. The summed E-state index contributed by atoms with van der Waals surface area (Å²) in [5.74, 6) is 6.69. The summed E-state index contributed by atoms with van der Waals surface area (Å²) < 4.78 is 1.42. The summed E-state index contributed by atoms with van der Waals surface area (Å²) in [6, 6.07) is 4.37. The van der Waals surface area contributed by atoms with Gasteiger partial charge in [-0.15, -0.1) is 0 Å². The third kappa shape index (κ3) is 1.11. The molecule has 1 aliphatic carbocycles. The van der Waals surface area contributed by atoms with Crippen LogP contribution in [0.25, 0.3) is 0 Å². The minimum Gasteiger partial charge on any atom is -0.310 e. The van der Waals surface area contributed by atoms with Crippen LogP contribution in [0.4, 0.5) is 5.69 Å². The molecule has 3 heteroatoms. The molecule has 2 aliphatic rings. The summed E-state index contributed by atoms with van der Waals surface area (Å²) in [5.41, 5.74) is 4.38. The predicted molar refractivity (Wildman–Crippen MR) is 66.4 cm³/mol. The maximum atomic E-state index is 5.99. The van der Waals surface area contributed by atoms with Gasteiger partial charge in [-0.05, 0) is 65.1 Å². The topological polar surface area (TPSA) is 29.3 Å². The second-order valence-corrected chi connectivity index (χ2v) is 5.36. The molecule has 1 aromatic carbocycles. The fraction of sp³-hybridized carbons (Fsp3) is 0.455. The number of hydrogen-bond donors (Lipinski definition) is 1. The van der Waals surface area contributed by atoms with Crippen LogP contribution in [0, 0.1) is 3.57 Å². The smallest absolute Gasteiger partial charge is 0.0556 e. The normalized spacial score (nSPS) is 23.9. The summed E-state index contributed by atoms with van der Waals surface area (Å²) in [5, 5.41) is 1.92. The molecular weight excluding hydrogens is 287 g/mol. The second kappa shape index (κ2) is 3.10. The molecule has 1 aliphatic heterocycles. The molecule has 0 spiro atoms. The molecule has 0 radical (unpaired) electrons. The van der Waals surface area contributed by atoms with Gasteiger partial charge in [0.1, 0.15) is 0 Å². The molecule has 0 bridgehead atoms. The highest BCUT2D eigenvalue weighted by Crippen LogP contribution is 2.44. The Kier molecular flexibility index (Phi) is 1.99. The highest BCUT2D eigenvalue weighted by atomic mass is 127. The van der Waals surface area contributed by atoms with Gasteiger partial charge in [0, 0.05) is 16.0 Å². The first-order valence-electron chi connectivity index (χ1n) is 5.11. The quantitative estimate of drug-likeness (QED) is 0.589. The first-order chi connectivity index (χ1) is 6.77. The predicted octanol–water partition coefficient (Wildman–Crippen LogP) is 2.40. The number of hydrazine groups is 1. The number of rotatable bonds is 0. The van der Waals surface area contributed by atoms with Crippen LogP contribution in [0.15, 0.2) is 12.1 Å². The van der Waals surface area contributed by atoms with E-state index < -0.39 is 0 Å². The Hall–Kier alpha value is -0.290. The lowest BCUT2D eigenvalue weighted by molar-refractivity contribution is 0.574. The second-order valence-electron chi connectivity index (χ2n) is 4.20. The standard InChI is InChI=1S/C11H13IN2/c12-9-4-5-10-11-7(6-14(10)13)2-1-3-8(9)11/h4-5,7H,1-3,6,13H2. The van der Waals surface area contributed by atoms with E-state index in [0.29, 0.717) is 5.92 Å². The zero-order valence-electron chi connectivity index (χ0n) is 7.96. The van der Waals surface area contributed by atoms with E-state index in [4.69, 9.17) is 5.84 Å². The maximum absolute atomic E-state index is 5.99. The number of hydrogen-bond acceptors (Lipinski definition) is 2. The van der Waals surface area contributed by atoms with Crippen LogP contribution in [-0.4, -0.2) is 6.54 Å². The average Bonchev–Trinajstić information content (AvgIpc) is 2.50. The monoisotopic (exact) mass is 300 g/mol. The van der Waals surface area contributed by atoms with Crippen LogP contribution < -0.4 is 10.9 Å². The van der Waals surface area contributed by atoms with E-state index in [1.807, 2.05) is 5.01 Å². The Bertz CT molecular complexity index is 389. The van der Waals surface area contributed by atoms with Gasteiger partial charge in [0.25, 0.3) is 0 Å². The molecule has 2 nitrogen and oxygen atoms in total. The summed E-state index contributed by atoms with van der Waals surface area (Å²) in [6.45, 7) is 1.02. The van der Waals surface area contributed by atoms with Crippen LogP contribution >= 0.6 is 22.6 Å². The molecule has 1 heterocycles. The van der Waals surface area contributed by atoms with E-state index in [-0.39, 0.29) is 0 Å².